The molecule has 0 N–H and O–H groups in total. The van der Waals surface area contributed by atoms with Crippen molar-refractivity contribution in [3.8, 4) is 11.3 Å². The lowest BCUT2D eigenvalue weighted by Crippen LogP contribution is -2.21. The zero-order chi connectivity index (χ0) is 20.3. The highest BCUT2D eigenvalue weighted by Crippen LogP contribution is 2.32. The average molecular weight is 382 g/mol. The predicted molar refractivity (Wildman–Crippen MR) is 115 cm³/mol. The number of alkyl halides is 1. The van der Waals surface area contributed by atoms with Crippen LogP contribution in [0.15, 0.2) is 97.1 Å². The molecule has 2 aromatic heterocycles. The van der Waals surface area contributed by atoms with E-state index in [2.05, 4.69) is 35.9 Å². The second-order valence-electron chi connectivity index (χ2n) is 7.61. The fourth-order valence-electron chi connectivity index (χ4n) is 3.46. The van der Waals surface area contributed by atoms with Crippen molar-refractivity contribution in [3.05, 3.63) is 120 Å². The highest BCUT2D eigenvalue weighted by Gasteiger charge is 2.26. The van der Waals surface area contributed by atoms with Crippen molar-refractivity contribution in [2.45, 2.75) is 25.4 Å². The van der Waals surface area contributed by atoms with Gasteiger partial charge in [-0.1, -0.05) is 86.6 Å². The number of halogens is 1. The van der Waals surface area contributed by atoms with E-state index in [1.54, 1.807) is 12.1 Å². The van der Waals surface area contributed by atoms with E-state index in [0.29, 0.717) is 11.4 Å². The van der Waals surface area contributed by atoms with Crippen molar-refractivity contribution >= 4 is 0 Å². The van der Waals surface area contributed by atoms with Gasteiger partial charge >= 0.3 is 0 Å². The van der Waals surface area contributed by atoms with Gasteiger partial charge in [0.15, 0.2) is 6.17 Å². The molecule has 2 nitrogen and oxygen atoms in total. The Hall–Kier alpha value is -3.33. The quantitative estimate of drug-likeness (QED) is 0.392. The Morgan fingerprint density at radius 2 is 1.24 bits per heavy atom. The second-order valence-corrected chi connectivity index (χ2v) is 7.61. The first kappa shape index (κ1) is 19.0. The summed E-state index contributed by atoms with van der Waals surface area (Å²) < 4.78 is 15.4. The Kier molecular flexibility index (Phi) is 5.22. The number of pyridine rings is 2. The maximum Gasteiger partial charge on any atom is 0.184 e. The molecular weight excluding hydrogens is 359 g/mol. The highest BCUT2D eigenvalue weighted by atomic mass is 19.1. The van der Waals surface area contributed by atoms with Crippen molar-refractivity contribution in [1.82, 2.24) is 9.97 Å². The summed E-state index contributed by atoms with van der Waals surface area (Å²) in [5, 5.41) is 0. The Bertz CT molecular complexity index is 1090. The van der Waals surface area contributed by atoms with Crippen LogP contribution in [0.5, 0.6) is 0 Å². The van der Waals surface area contributed by atoms with Gasteiger partial charge in [-0.2, -0.15) is 0 Å². The number of rotatable bonds is 5. The van der Waals surface area contributed by atoms with Crippen LogP contribution >= 0.6 is 0 Å². The van der Waals surface area contributed by atoms with Crippen molar-refractivity contribution in [1.29, 1.82) is 0 Å². The number of benzene rings is 2. The first-order valence-corrected chi connectivity index (χ1v) is 9.75. The van der Waals surface area contributed by atoms with Gasteiger partial charge in [0.1, 0.15) is 0 Å². The van der Waals surface area contributed by atoms with Crippen molar-refractivity contribution in [2.24, 2.45) is 0 Å². The zero-order valence-electron chi connectivity index (χ0n) is 16.6. The summed E-state index contributed by atoms with van der Waals surface area (Å²) in [5.41, 5.74) is 4.13. The number of aromatic nitrogens is 2. The van der Waals surface area contributed by atoms with Crippen LogP contribution in [-0.2, 0) is 5.41 Å². The van der Waals surface area contributed by atoms with Crippen LogP contribution in [0.1, 0.15) is 42.7 Å². The summed E-state index contributed by atoms with van der Waals surface area (Å²) in [6.45, 7) is 4.21. The molecule has 0 spiro atoms. The third kappa shape index (κ3) is 3.95. The van der Waals surface area contributed by atoms with Crippen LogP contribution in [0.2, 0.25) is 0 Å². The van der Waals surface area contributed by atoms with E-state index < -0.39 is 6.17 Å². The van der Waals surface area contributed by atoms with E-state index in [4.69, 9.17) is 0 Å². The SMILES string of the molecule is CC(C)(c1ccccc1)c1cccc(C(F)c2cccc(-c3ccccc3)n2)n1. The summed E-state index contributed by atoms with van der Waals surface area (Å²) in [6.07, 6.45) is -1.38. The molecule has 29 heavy (non-hydrogen) atoms. The molecule has 4 rings (SSSR count). The summed E-state index contributed by atoms with van der Waals surface area (Å²) in [6, 6.07) is 31.0. The molecule has 0 saturated heterocycles. The summed E-state index contributed by atoms with van der Waals surface area (Å²) in [5.74, 6) is 0. The van der Waals surface area contributed by atoms with Crippen molar-refractivity contribution in [2.75, 3.05) is 0 Å². The second kappa shape index (κ2) is 7.96. The number of hydrogen-bond donors (Lipinski definition) is 0. The maximum atomic E-state index is 15.4. The molecule has 0 fully saturated rings. The molecule has 2 heterocycles. The Labute approximate surface area is 171 Å². The standard InChI is InChI=1S/C26H23FN2/c1-26(2,20-13-7-4-8-14-20)24-18-10-17-23(29-24)25(27)22-16-9-15-21(28-22)19-11-5-3-6-12-19/h3-18,25H,1-2H3. The Morgan fingerprint density at radius 1 is 0.655 bits per heavy atom. The van der Waals surface area contributed by atoms with Crippen LogP contribution in [0.25, 0.3) is 11.3 Å². The van der Waals surface area contributed by atoms with Gasteiger partial charge in [0, 0.05) is 11.0 Å². The van der Waals surface area contributed by atoms with Crippen LogP contribution in [0.3, 0.4) is 0 Å². The van der Waals surface area contributed by atoms with Gasteiger partial charge in [0.05, 0.1) is 22.8 Å². The fraction of sp³-hybridized carbons (Fsp3) is 0.154. The molecule has 0 aliphatic carbocycles. The van der Waals surface area contributed by atoms with Crippen LogP contribution in [0, 0.1) is 0 Å². The molecule has 0 bridgehead atoms. The zero-order valence-corrected chi connectivity index (χ0v) is 16.6. The topological polar surface area (TPSA) is 25.8 Å². The molecule has 1 unspecified atom stereocenters. The van der Waals surface area contributed by atoms with Crippen LogP contribution in [-0.4, -0.2) is 9.97 Å². The van der Waals surface area contributed by atoms with Gasteiger partial charge < -0.3 is 0 Å². The third-order valence-electron chi connectivity index (χ3n) is 5.27. The summed E-state index contributed by atoms with van der Waals surface area (Å²) in [4.78, 5) is 9.24. The molecule has 0 aliphatic heterocycles. The van der Waals surface area contributed by atoms with Crippen molar-refractivity contribution < 1.29 is 4.39 Å². The number of hydrogen-bond acceptors (Lipinski definition) is 2. The molecule has 4 aromatic rings. The van der Waals surface area contributed by atoms with E-state index in [-0.39, 0.29) is 5.41 Å². The molecule has 144 valence electrons. The molecular formula is C26H23FN2. The van der Waals surface area contributed by atoms with Crippen molar-refractivity contribution in [3.63, 3.8) is 0 Å². The van der Waals surface area contributed by atoms with Gasteiger partial charge in [0.2, 0.25) is 0 Å². The largest absolute Gasteiger partial charge is 0.253 e. The van der Waals surface area contributed by atoms with Crippen LogP contribution < -0.4 is 0 Å². The molecule has 3 heteroatoms. The first-order chi connectivity index (χ1) is 14.1. The van der Waals surface area contributed by atoms with Crippen LogP contribution in [0.4, 0.5) is 4.39 Å². The van der Waals surface area contributed by atoms with Gasteiger partial charge in [-0.15, -0.1) is 0 Å². The Balaban J connectivity index is 1.67. The van der Waals surface area contributed by atoms with E-state index in [0.717, 1.165) is 22.5 Å². The smallest absolute Gasteiger partial charge is 0.184 e. The lowest BCUT2D eigenvalue weighted by atomic mass is 9.81. The summed E-state index contributed by atoms with van der Waals surface area (Å²) in [7, 11) is 0. The minimum atomic E-state index is -1.38. The fourth-order valence-corrected chi connectivity index (χ4v) is 3.46. The predicted octanol–water partition coefficient (Wildman–Crippen LogP) is 6.53. The van der Waals surface area contributed by atoms with E-state index in [9.17, 15) is 0 Å². The van der Waals surface area contributed by atoms with Gasteiger partial charge in [-0.25, -0.2) is 9.37 Å². The minimum absolute atomic E-state index is 0.323. The lowest BCUT2D eigenvalue weighted by molar-refractivity contribution is 0.383. The van der Waals surface area contributed by atoms with E-state index in [1.165, 1.54) is 0 Å². The first-order valence-electron chi connectivity index (χ1n) is 9.75. The van der Waals surface area contributed by atoms with E-state index >= 15 is 4.39 Å². The minimum Gasteiger partial charge on any atom is -0.253 e. The van der Waals surface area contributed by atoms with E-state index in [1.807, 2.05) is 72.8 Å². The molecule has 1 atom stereocenters. The van der Waals surface area contributed by atoms with Gasteiger partial charge in [0.25, 0.3) is 0 Å². The highest BCUT2D eigenvalue weighted by molar-refractivity contribution is 5.59. The monoisotopic (exact) mass is 382 g/mol. The molecule has 0 saturated carbocycles. The number of nitrogens with zero attached hydrogens (tertiary/aromatic N) is 2. The molecule has 2 aromatic carbocycles. The molecule has 0 amide bonds. The molecule has 0 radical (unpaired) electrons. The maximum absolute atomic E-state index is 15.4. The molecule has 0 aliphatic rings. The van der Waals surface area contributed by atoms with Gasteiger partial charge in [-0.3, -0.25) is 4.98 Å². The lowest BCUT2D eigenvalue weighted by Gasteiger charge is -2.25. The summed E-state index contributed by atoms with van der Waals surface area (Å²) >= 11 is 0. The normalized spacial score (nSPS) is 12.5. The average Bonchev–Trinajstić information content (AvgIpc) is 2.80. The Morgan fingerprint density at radius 3 is 1.93 bits per heavy atom. The van der Waals surface area contributed by atoms with Gasteiger partial charge in [-0.05, 0) is 29.8 Å². The third-order valence-corrected chi connectivity index (χ3v) is 5.27.